The van der Waals surface area contributed by atoms with Gasteiger partial charge in [0.05, 0.1) is 11.5 Å². The SMILES string of the molecule is CCCOC1CCCN(CC(C)(C=O)c2ccccc2)C1. The van der Waals surface area contributed by atoms with Crippen LogP contribution in [0.15, 0.2) is 30.3 Å². The van der Waals surface area contributed by atoms with E-state index in [2.05, 4.69) is 11.8 Å². The van der Waals surface area contributed by atoms with Gasteiger partial charge in [-0.05, 0) is 38.3 Å². The Morgan fingerprint density at radius 2 is 2.14 bits per heavy atom. The second kappa shape index (κ2) is 7.71. The van der Waals surface area contributed by atoms with Gasteiger partial charge < -0.3 is 9.53 Å². The lowest BCUT2D eigenvalue weighted by Crippen LogP contribution is -2.47. The number of hydrogen-bond acceptors (Lipinski definition) is 3. The third-order valence-electron chi connectivity index (χ3n) is 4.27. The fourth-order valence-corrected chi connectivity index (χ4v) is 3.06. The van der Waals surface area contributed by atoms with E-state index in [0.717, 1.165) is 57.4 Å². The molecule has 0 amide bonds. The molecule has 0 N–H and O–H groups in total. The molecule has 1 aliphatic heterocycles. The molecule has 0 radical (unpaired) electrons. The van der Waals surface area contributed by atoms with Gasteiger partial charge >= 0.3 is 0 Å². The molecule has 1 aromatic carbocycles. The Labute approximate surface area is 128 Å². The molecule has 2 rings (SSSR count). The predicted octanol–water partition coefficient (Wildman–Crippen LogP) is 3.03. The smallest absolute Gasteiger partial charge is 0.131 e. The first-order chi connectivity index (χ1) is 10.2. The van der Waals surface area contributed by atoms with Crippen molar-refractivity contribution >= 4 is 6.29 Å². The van der Waals surface area contributed by atoms with Gasteiger partial charge in [0, 0.05) is 19.7 Å². The maximum Gasteiger partial charge on any atom is 0.131 e. The van der Waals surface area contributed by atoms with Crippen molar-refractivity contribution in [2.45, 2.75) is 44.6 Å². The van der Waals surface area contributed by atoms with Gasteiger partial charge in [0.15, 0.2) is 0 Å². The van der Waals surface area contributed by atoms with Crippen molar-refractivity contribution in [2.75, 3.05) is 26.2 Å². The normalized spacial score (nSPS) is 22.7. The van der Waals surface area contributed by atoms with Gasteiger partial charge in [0.2, 0.25) is 0 Å². The molecule has 1 aliphatic rings. The van der Waals surface area contributed by atoms with Gasteiger partial charge in [-0.3, -0.25) is 4.90 Å². The number of piperidine rings is 1. The molecule has 0 aromatic heterocycles. The van der Waals surface area contributed by atoms with Crippen LogP contribution in [0.3, 0.4) is 0 Å². The van der Waals surface area contributed by atoms with Crippen LogP contribution >= 0.6 is 0 Å². The number of hydrogen-bond donors (Lipinski definition) is 0. The maximum absolute atomic E-state index is 11.7. The van der Waals surface area contributed by atoms with Crippen molar-refractivity contribution < 1.29 is 9.53 Å². The minimum absolute atomic E-state index is 0.324. The zero-order valence-electron chi connectivity index (χ0n) is 13.3. The van der Waals surface area contributed by atoms with Crippen molar-refractivity contribution in [2.24, 2.45) is 0 Å². The first kappa shape index (κ1) is 16.2. The average molecular weight is 289 g/mol. The van der Waals surface area contributed by atoms with Crippen LogP contribution in [-0.2, 0) is 14.9 Å². The van der Waals surface area contributed by atoms with Crippen LogP contribution < -0.4 is 0 Å². The van der Waals surface area contributed by atoms with Crippen LogP contribution in [0.5, 0.6) is 0 Å². The number of ether oxygens (including phenoxy) is 1. The van der Waals surface area contributed by atoms with Crippen molar-refractivity contribution in [3.05, 3.63) is 35.9 Å². The Morgan fingerprint density at radius 3 is 2.81 bits per heavy atom. The van der Waals surface area contributed by atoms with E-state index in [0.29, 0.717) is 6.10 Å². The van der Waals surface area contributed by atoms with E-state index in [-0.39, 0.29) is 0 Å². The Balaban J connectivity index is 1.99. The van der Waals surface area contributed by atoms with Crippen molar-refractivity contribution in [3.8, 4) is 0 Å². The third kappa shape index (κ3) is 4.39. The molecule has 21 heavy (non-hydrogen) atoms. The van der Waals surface area contributed by atoms with E-state index in [1.807, 2.05) is 37.3 Å². The molecule has 3 nitrogen and oxygen atoms in total. The van der Waals surface area contributed by atoms with E-state index in [4.69, 9.17) is 4.74 Å². The minimum Gasteiger partial charge on any atom is -0.377 e. The molecule has 116 valence electrons. The Hall–Kier alpha value is -1.19. The minimum atomic E-state index is -0.437. The number of likely N-dealkylation sites (tertiary alicyclic amines) is 1. The standard InChI is InChI=1S/C18H27NO2/c1-3-12-21-17-10-7-11-19(13-17)14-18(2,15-20)16-8-5-4-6-9-16/h4-6,8-9,15,17H,3,7,10-14H2,1-2H3. The predicted molar refractivity (Wildman–Crippen MR) is 85.6 cm³/mol. The molecule has 3 heteroatoms. The van der Waals surface area contributed by atoms with Gasteiger partial charge in [-0.1, -0.05) is 37.3 Å². The van der Waals surface area contributed by atoms with Crippen LogP contribution in [0.4, 0.5) is 0 Å². The summed E-state index contributed by atoms with van der Waals surface area (Å²) in [6.07, 6.45) is 4.77. The number of aldehydes is 1. The molecule has 2 unspecified atom stereocenters. The lowest BCUT2D eigenvalue weighted by molar-refractivity contribution is -0.113. The summed E-state index contributed by atoms with van der Waals surface area (Å²) in [7, 11) is 0. The summed E-state index contributed by atoms with van der Waals surface area (Å²) < 4.78 is 5.89. The van der Waals surface area contributed by atoms with Gasteiger partial charge in [0.1, 0.15) is 6.29 Å². The molecular weight excluding hydrogens is 262 g/mol. The number of carbonyl (C=O) groups is 1. The summed E-state index contributed by atoms with van der Waals surface area (Å²) in [5.74, 6) is 0. The maximum atomic E-state index is 11.7. The molecule has 1 heterocycles. The Bertz CT molecular complexity index is 434. The first-order valence-corrected chi connectivity index (χ1v) is 8.04. The summed E-state index contributed by atoms with van der Waals surface area (Å²) in [4.78, 5) is 14.1. The second-order valence-corrected chi connectivity index (χ2v) is 6.27. The van der Waals surface area contributed by atoms with Gasteiger partial charge in [-0.2, -0.15) is 0 Å². The summed E-state index contributed by atoms with van der Waals surface area (Å²) >= 11 is 0. The van der Waals surface area contributed by atoms with Crippen molar-refractivity contribution in [1.29, 1.82) is 0 Å². The molecule has 0 saturated carbocycles. The summed E-state index contributed by atoms with van der Waals surface area (Å²) in [5, 5.41) is 0. The second-order valence-electron chi connectivity index (χ2n) is 6.27. The van der Waals surface area contributed by atoms with Gasteiger partial charge in [-0.15, -0.1) is 0 Å². The van der Waals surface area contributed by atoms with Gasteiger partial charge in [-0.25, -0.2) is 0 Å². The lowest BCUT2D eigenvalue weighted by atomic mass is 9.83. The van der Waals surface area contributed by atoms with E-state index < -0.39 is 5.41 Å². The van der Waals surface area contributed by atoms with Crippen molar-refractivity contribution in [1.82, 2.24) is 4.90 Å². The molecule has 1 aromatic rings. The monoisotopic (exact) mass is 289 g/mol. The molecule has 1 saturated heterocycles. The summed E-state index contributed by atoms with van der Waals surface area (Å²) in [6.45, 7) is 7.78. The Kier molecular flexibility index (Phi) is 5.95. The van der Waals surface area contributed by atoms with E-state index >= 15 is 0 Å². The summed E-state index contributed by atoms with van der Waals surface area (Å²) in [6, 6.07) is 10.1. The molecule has 1 fully saturated rings. The zero-order chi connectivity index (χ0) is 15.1. The molecular formula is C18H27NO2. The third-order valence-corrected chi connectivity index (χ3v) is 4.27. The highest BCUT2D eigenvalue weighted by Gasteiger charge is 2.31. The van der Waals surface area contributed by atoms with Crippen LogP contribution in [-0.4, -0.2) is 43.5 Å². The fraction of sp³-hybridized carbons (Fsp3) is 0.611. The quantitative estimate of drug-likeness (QED) is 0.723. The highest BCUT2D eigenvalue weighted by molar-refractivity contribution is 5.68. The molecule has 2 atom stereocenters. The van der Waals surface area contributed by atoms with Crippen LogP contribution in [0.1, 0.15) is 38.7 Å². The molecule has 0 spiro atoms. The number of carbonyl (C=O) groups excluding carboxylic acids is 1. The van der Waals surface area contributed by atoms with Crippen LogP contribution in [0.25, 0.3) is 0 Å². The van der Waals surface area contributed by atoms with Gasteiger partial charge in [0.25, 0.3) is 0 Å². The largest absolute Gasteiger partial charge is 0.377 e. The van der Waals surface area contributed by atoms with E-state index in [9.17, 15) is 4.79 Å². The van der Waals surface area contributed by atoms with E-state index in [1.165, 1.54) is 0 Å². The fourth-order valence-electron chi connectivity index (χ4n) is 3.06. The highest BCUT2D eigenvalue weighted by atomic mass is 16.5. The number of nitrogens with zero attached hydrogens (tertiary/aromatic N) is 1. The summed E-state index contributed by atoms with van der Waals surface area (Å²) in [5.41, 5.74) is 0.657. The number of benzene rings is 1. The highest BCUT2D eigenvalue weighted by Crippen LogP contribution is 2.25. The topological polar surface area (TPSA) is 29.5 Å². The lowest BCUT2D eigenvalue weighted by Gasteiger charge is -2.37. The first-order valence-electron chi connectivity index (χ1n) is 8.04. The van der Waals surface area contributed by atoms with Crippen LogP contribution in [0.2, 0.25) is 0 Å². The molecule has 0 aliphatic carbocycles. The van der Waals surface area contributed by atoms with Crippen LogP contribution in [0, 0.1) is 0 Å². The van der Waals surface area contributed by atoms with E-state index in [1.54, 1.807) is 0 Å². The average Bonchev–Trinajstić information content (AvgIpc) is 2.54. The zero-order valence-corrected chi connectivity index (χ0v) is 13.3. The molecule has 0 bridgehead atoms. The number of rotatable bonds is 7. The van der Waals surface area contributed by atoms with Crippen molar-refractivity contribution in [3.63, 3.8) is 0 Å². The Morgan fingerprint density at radius 1 is 1.38 bits per heavy atom.